The third-order valence-electron chi connectivity index (χ3n) is 5.36. The maximum absolute atomic E-state index is 2.29. The van der Waals surface area contributed by atoms with Crippen LogP contribution in [0.4, 0.5) is 0 Å². The second-order valence-corrected chi connectivity index (χ2v) is 8.09. The average molecular weight is 369 g/mol. The molecule has 152 valence electrons. The molecule has 0 aliphatic rings. The zero-order chi connectivity index (χ0) is 19.6. The van der Waals surface area contributed by atoms with Gasteiger partial charge in [0.1, 0.15) is 0 Å². The summed E-state index contributed by atoms with van der Waals surface area (Å²) in [6, 6.07) is 14.9. The van der Waals surface area contributed by atoms with Crippen molar-refractivity contribution in [2.75, 3.05) is 0 Å². The molecule has 0 heteroatoms. The molecule has 0 N–H and O–H groups in total. The Hall–Kier alpha value is -1.30. The lowest BCUT2D eigenvalue weighted by Gasteiger charge is -2.02. The Labute approximate surface area is 169 Å². The van der Waals surface area contributed by atoms with Gasteiger partial charge in [-0.05, 0) is 17.7 Å². The second kappa shape index (κ2) is 16.8. The van der Waals surface area contributed by atoms with Crippen molar-refractivity contribution in [2.45, 2.75) is 111 Å². The molecule has 2 rings (SSSR count). The van der Waals surface area contributed by atoms with Crippen molar-refractivity contribution < 1.29 is 0 Å². The van der Waals surface area contributed by atoms with Gasteiger partial charge < -0.3 is 0 Å². The van der Waals surface area contributed by atoms with Crippen LogP contribution < -0.4 is 0 Å². The number of unbranched alkanes of at least 4 members (excludes halogenated alkanes) is 13. The van der Waals surface area contributed by atoms with Crippen LogP contribution in [0.1, 0.15) is 109 Å². The summed E-state index contributed by atoms with van der Waals surface area (Å²) in [6.45, 7) is 6.70. The lowest BCUT2D eigenvalue weighted by atomic mass is 10.0. The molecule has 0 saturated carbocycles. The highest BCUT2D eigenvalue weighted by molar-refractivity contribution is 5.82. The van der Waals surface area contributed by atoms with Crippen LogP contribution in [0.5, 0.6) is 0 Å². The van der Waals surface area contributed by atoms with E-state index < -0.39 is 0 Å². The van der Waals surface area contributed by atoms with Gasteiger partial charge in [-0.15, -0.1) is 0 Å². The molecule has 0 saturated heterocycles. The van der Waals surface area contributed by atoms with Crippen molar-refractivity contribution in [3.8, 4) is 0 Å². The van der Waals surface area contributed by atoms with Crippen LogP contribution in [0.3, 0.4) is 0 Å². The molecule has 0 aliphatic carbocycles. The van der Waals surface area contributed by atoms with Crippen LogP contribution in [0.2, 0.25) is 0 Å². The van der Waals surface area contributed by atoms with Crippen molar-refractivity contribution >= 4 is 10.8 Å². The Morgan fingerprint density at radius 2 is 0.889 bits per heavy atom. The van der Waals surface area contributed by atoms with Crippen LogP contribution in [0.15, 0.2) is 42.5 Å². The molecule has 0 aromatic heterocycles. The van der Waals surface area contributed by atoms with Crippen molar-refractivity contribution in [2.24, 2.45) is 0 Å². The first-order chi connectivity index (χ1) is 13.3. The number of benzene rings is 2. The van der Waals surface area contributed by atoms with E-state index in [2.05, 4.69) is 63.2 Å². The Morgan fingerprint density at radius 1 is 0.481 bits per heavy atom. The number of rotatable bonds is 13. The summed E-state index contributed by atoms with van der Waals surface area (Å²) in [7, 11) is 0. The molecule has 0 spiro atoms. The molecule has 0 aliphatic heterocycles. The largest absolute Gasteiger partial charge is 0.0654 e. The van der Waals surface area contributed by atoms with Gasteiger partial charge in [-0.2, -0.15) is 0 Å². The van der Waals surface area contributed by atoms with E-state index in [1.165, 1.54) is 106 Å². The summed E-state index contributed by atoms with van der Waals surface area (Å²) in [5.41, 5.74) is 1.32. The van der Waals surface area contributed by atoms with Crippen molar-refractivity contribution in [3.05, 3.63) is 48.0 Å². The molecular weight excluding hydrogens is 324 g/mol. The average Bonchev–Trinajstić information content (AvgIpc) is 2.69. The van der Waals surface area contributed by atoms with E-state index in [4.69, 9.17) is 0 Å². The topological polar surface area (TPSA) is 0 Å². The standard InChI is InChI=1S/C16H34.C11H10/c1-3-5-7-9-11-13-15-16-14-12-10-8-6-4-2;1-9-6-7-10-4-2-3-5-11(10)8-9/h3-16H2,1-2H3;2-8H,1H3. The predicted octanol–water partition coefficient (Wildman–Crippen LogP) is 9.64. The highest BCUT2D eigenvalue weighted by Gasteiger charge is 1.93. The predicted molar refractivity (Wildman–Crippen MR) is 125 cm³/mol. The van der Waals surface area contributed by atoms with Gasteiger partial charge in [0.15, 0.2) is 0 Å². The van der Waals surface area contributed by atoms with E-state index in [0.717, 1.165) is 0 Å². The molecule has 2 aromatic carbocycles. The molecule has 27 heavy (non-hydrogen) atoms. The van der Waals surface area contributed by atoms with Crippen molar-refractivity contribution in [3.63, 3.8) is 0 Å². The summed E-state index contributed by atoms with van der Waals surface area (Å²) < 4.78 is 0. The lowest BCUT2D eigenvalue weighted by Crippen LogP contribution is -1.82. The summed E-state index contributed by atoms with van der Waals surface area (Å²) in [4.78, 5) is 0. The van der Waals surface area contributed by atoms with Crippen LogP contribution >= 0.6 is 0 Å². The van der Waals surface area contributed by atoms with E-state index in [-0.39, 0.29) is 0 Å². The fraction of sp³-hybridized carbons (Fsp3) is 0.630. The van der Waals surface area contributed by atoms with Gasteiger partial charge in [0.25, 0.3) is 0 Å². The Bertz CT molecular complexity index is 555. The third-order valence-corrected chi connectivity index (χ3v) is 5.36. The van der Waals surface area contributed by atoms with Crippen LogP contribution in [-0.2, 0) is 0 Å². The minimum Gasteiger partial charge on any atom is -0.0654 e. The normalized spacial score (nSPS) is 10.6. The summed E-state index contributed by atoms with van der Waals surface area (Å²) >= 11 is 0. The number of hydrogen-bond donors (Lipinski definition) is 0. The van der Waals surface area contributed by atoms with Crippen LogP contribution in [-0.4, -0.2) is 0 Å². The minimum absolute atomic E-state index is 1.32. The molecule has 2 aromatic rings. The SMILES string of the molecule is CCCCCCCCCCCCCCCC.Cc1ccc2ccccc2c1. The molecular formula is C27H44. The summed E-state index contributed by atoms with van der Waals surface area (Å²) in [6.07, 6.45) is 20.4. The number of hydrogen-bond acceptors (Lipinski definition) is 0. The van der Waals surface area contributed by atoms with E-state index >= 15 is 0 Å². The summed E-state index contributed by atoms with van der Waals surface area (Å²) in [5.74, 6) is 0. The molecule has 0 bridgehead atoms. The Kier molecular flexibility index (Phi) is 14.8. The highest BCUT2D eigenvalue weighted by Crippen LogP contribution is 2.14. The summed E-state index contributed by atoms with van der Waals surface area (Å²) in [5, 5.41) is 2.64. The molecule has 0 unspecified atom stereocenters. The van der Waals surface area contributed by atoms with Crippen LogP contribution in [0, 0.1) is 6.92 Å². The van der Waals surface area contributed by atoms with Crippen molar-refractivity contribution in [1.82, 2.24) is 0 Å². The quantitative estimate of drug-likeness (QED) is 0.309. The molecule has 0 nitrogen and oxygen atoms in total. The number of aryl methyl sites for hydroxylation is 1. The Balaban J connectivity index is 0.000000285. The van der Waals surface area contributed by atoms with E-state index in [0.29, 0.717) is 0 Å². The first-order valence-corrected chi connectivity index (χ1v) is 11.7. The van der Waals surface area contributed by atoms with Gasteiger partial charge in [0.05, 0.1) is 0 Å². The maximum atomic E-state index is 2.29. The lowest BCUT2D eigenvalue weighted by molar-refractivity contribution is 0.538. The molecule has 0 amide bonds. The van der Waals surface area contributed by atoms with Crippen LogP contribution in [0.25, 0.3) is 10.8 Å². The van der Waals surface area contributed by atoms with E-state index in [1.807, 2.05) is 0 Å². The highest BCUT2D eigenvalue weighted by atomic mass is 14.0. The van der Waals surface area contributed by atoms with Gasteiger partial charge in [-0.3, -0.25) is 0 Å². The van der Waals surface area contributed by atoms with Gasteiger partial charge in [-0.25, -0.2) is 0 Å². The van der Waals surface area contributed by atoms with Gasteiger partial charge >= 0.3 is 0 Å². The van der Waals surface area contributed by atoms with Gasteiger partial charge in [-0.1, -0.05) is 152 Å². The van der Waals surface area contributed by atoms with E-state index in [1.54, 1.807) is 0 Å². The first kappa shape index (κ1) is 23.7. The zero-order valence-corrected chi connectivity index (χ0v) is 18.4. The fourth-order valence-electron chi connectivity index (χ4n) is 3.58. The molecule has 0 radical (unpaired) electrons. The van der Waals surface area contributed by atoms with Gasteiger partial charge in [0.2, 0.25) is 0 Å². The molecule has 0 fully saturated rings. The number of fused-ring (bicyclic) bond motifs is 1. The monoisotopic (exact) mass is 368 g/mol. The smallest absolute Gasteiger partial charge is 0.0181 e. The van der Waals surface area contributed by atoms with Gasteiger partial charge in [0, 0.05) is 0 Å². The molecule has 0 heterocycles. The van der Waals surface area contributed by atoms with Crippen molar-refractivity contribution in [1.29, 1.82) is 0 Å². The fourth-order valence-corrected chi connectivity index (χ4v) is 3.58. The Morgan fingerprint density at radius 3 is 1.33 bits per heavy atom. The zero-order valence-electron chi connectivity index (χ0n) is 18.4. The molecule has 0 atom stereocenters. The third kappa shape index (κ3) is 12.7. The second-order valence-electron chi connectivity index (χ2n) is 8.09. The minimum atomic E-state index is 1.32. The first-order valence-electron chi connectivity index (χ1n) is 11.7. The van der Waals surface area contributed by atoms with E-state index in [9.17, 15) is 0 Å². The maximum Gasteiger partial charge on any atom is -0.0181 e.